The number of rotatable bonds is 7. The van der Waals surface area contributed by atoms with Crippen molar-refractivity contribution in [2.75, 3.05) is 21.9 Å². The van der Waals surface area contributed by atoms with Gasteiger partial charge in [0.1, 0.15) is 5.82 Å². The molecule has 0 radical (unpaired) electrons. The Bertz CT molecular complexity index is 881. The van der Waals surface area contributed by atoms with Crippen molar-refractivity contribution in [1.29, 1.82) is 0 Å². The molecule has 25 heavy (non-hydrogen) atoms. The molecule has 0 saturated carbocycles. The third kappa shape index (κ3) is 4.05. The highest BCUT2D eigenvalue weighted by Crippen LogP contribution is 2.26. The summed E-state index contributed by atoms with van der Waals surface area (Å²) in [5.74, 6) is 0.587. The third-order valence-electron chi connectivity index (χ3n) is 3.75. The molecule has 1 aromatic carbocycles. The number of unbranched alkanes of at least 4 members (excludes halogenated alkanes) is 1. The lowest BCUT2D eigenvalue weighted by atomic mass is 10.2. The Morgan fingerprint density at radius 2 is 1.92 bits per heavy atom. The Morgan fingerprint density at radius 3 is 2.64 bits per heavy atom. The topological polar surface area (TPSA) is 113 Å². The molecule has 0 atom stereocenters. The smallest absolute Gasteiger partial charge is 0.263 e. The minimum absolute atomic E-state index is 0.0784. The van der Waals surface area contributed by atoms with Crippen LogP contribution >= 0.6 is 0 Å². The highest BCUT2D eigenvalue weighted by molar-refractivity contribution is 7.92. The van der Waals surface area contributed by atoms with E-state index in [2.05, 4.69) is 32.5 Å². The Kier molecular flexibility index (Phi) is 4.84. The van der Waals surface area contributed by atoms with E-state index in [1.54, 1.807) is 18.2 Å². The summed E-state index contributed by atoms with van der Waals surface area (Å²) in [6.07, 6.45) is 2.27. The summed E-state index contributed by atoms with van der Waals surface area (Å²) >= 11 is 0. The molecule has 1 aliphatic heterocycles. The van der Waals surface area contributed by atoms with E-state index in [9.17, 15) is 13.2 Å². The molecule has 2 heterocycles. The predicted molar refractivity (Wildman–Crippen MR) is 95.0 cm³/mol. The summed E-state index contributed by atoms with van der Waals surface area (Å²) in [5, 5.41) is 13.6. The molecule has 0 bridgehead atoms. The highest BCUT2D eigenvalue weighted by atomic mass is 32.2. The van der Waals surface area contributed by atoms with Gasteiger partial charge in [0.2, 0.25) is 5.91 Å². The molecule has 1 amide bonds. The number of carbonyl (C=O) groups excluding carboxylic acids is 1. The van der Waals surface area contributed by atoms with Crippen molar-refractivity contribution in [3.8, 4) is 0 Å². The zero-order chi connectivity index (χ0) is 17.9. The van der Waals surface area contributed by atoms with Crippen molar-refractivity contribution in [3.63, 3.8) is 0 Å². The van der Waals surface area contributed by atoms with Crippen LogP contribution in [0.25, 0.3) is 0 Å². The zero-order valence-corrected chi connectivity index (χ0v) is 14.6. The molecule has 3 rings (SSSR count). The van der Waals surface area contributed by atoms with Gasteiger partial charge in [0.25, 0.3) is 10.0 Å². The van der Waals surface area contributed by atoms with Crippen LogP contribution in [0.15, 0.2) is 35.2 Å². The Morgan fingerprint density at radius 1 is 1.16 bits per heavy atom. The van der Waals surface area contributed by atoms with Gasteiger partial charge in [-0.05, 0) is 42.3 Å². The van der Waals surface area contributed by atoms with E-state index in [0.29, 0.717) is 17.1 Å². The number of nitrogens with zero attached hydrogens (tertiary/aromatic N) is 2. The van der Waals surface area contributed by atoms with Crippen molar-refractivity contribution in [2.24, 2.45) is 0 Å². The van der Waals surface area contributed by atoms with Gasteiger partial charge in [-0.25, -0.2) is 8.42 Å². The SMILES string of the molecule is CCCCNc1ccc(NS(=O)(=O)c2ccc3c(c2)CC(=O)N3)nn1. The van der Waals surface area contributed by atoms with E-state index in [0.717, 1.165) is 19.4 Å². The van der Waals surface area contributed by atoms with E-state index >= 15 is 0 Å². The van der Waals surface area contributed by atoms with Gasteiger partial charge in [0, 0.05) is 12.2 Å². The lowest BCUT2D eigenvalue weighted by molar-refractivity contribution is -0.115. The number of carbonyl (C=O) groups is 1. The normalized spacial score (nSPS) is 13.2. The zero-order valence-electron chi connectivity index (χ0n) is 13.7. The molecular weight excluding hydrogens is 342 g/mol. The van der Waals surface area contributed by atoms with Crippen molar-refractivity contribution in [2.45, 2.75) is 31.1 Å². The lowest BCUT2D eigenvalue weighted by Crippen LogP contribution is -2.15. The number of nitrogens with one attached hydrogen (secondary N) is 3. The van der Waals surface area contributed by atoms with Gasteiger partial charge in [-0.1, -0.05) is 13.3 Å². The summed E-state index contributed by atoms with van der Waals surface area (Å²) in [6, 6.07) is 7.74. The average molecular weight is 361 g/mol. The fourth-order valence-corrected chi connectivity index (χ4v) is 3.49. The molecule has 1 aromatic heterocycles. The molecule has 1 aliphatic rings. The van der Waals surface area contributed by atoms with Crippen LogP contribution in [0.4, 0.5) is 17.3 Å². The number of amides is 1. The van der Waals surface area contributed by atoms with Crippen LogP contribution < -0.4 is 15.4 Å². The number of aromatic nitrogens is 2. The van der Waals surface area contributed by atoms with Crippen LogP contribution in [0.5, 0.6) is 0 Å². The molecule has 0 spiro atoms. The number of fused-ring (bicyclic) bond motifs is 1. The molecule has 0 saturated heterocycles. The van der Waals surface area contributed by atoms with Gasteiger partial charge in [-0.15, -0.1) is 10.2 Å². The minimum Gasteiger partial charge on any atom is -0.369 e. The first-order valence-electron chi connectivity index (χ1n) is 8.01. The number of hydrogen-bond donors (Lipinski definition) is 3. The molecule has 0 unspecified atom stereocenters. The van der Waals surface area contributed by atoms with E-state index in [1.165, 1.54) is 12.1 Å². The van der Waals surface area contributed by atoms with Gasteiger partial charge in [-0.2, -0.15) is 0 Å². The maximum Gasteiger partial charge on any atom is 0.263 e. The maximum absolute atomic E-state index is 12.5. The molecule has 0 fully saturated rings. The van der Waals surface area contributed by atoms with Gasteiger partial charge < -0.3 is 10.6 Å². The van der Waals surface area contributed by atoms with Crippen LogP contribution in [0.3, 0.4) is 0 Å². The third-order valence-corrected chi connectivity index (χ3v) is 5.10. The van der Waals surface area contributed by atoms with Crippen molar-refractivity contribution in [3.05, 3.63) is 35.9 Å². The van der Waals surface area contributed by atoms with Crippen LogP contribution in [0.1, 0.15) is 25.3 Å². The number of hydrogen-bond acceptors (Lipinski definition) is 6. The van der Waals surface area contributed by atoms with Crippen molar-refractivity contribution < 1.29 is 13.2 Å². The van der Waals surface area contributed by atoms with Crippen LogP contribution in [0, 0.1) is 0 Å². The van der Waals surface area contributed by atoms with Crippen molar-refractivity contribution in [1.82, 2.24) is 10.2 Å². The summed E-state index contributed by atoms with van der Waals surface area (Å²) in [5.41, 5.74) is 1.31. The largest absolute Gasteiger partial charge is 0.369 e. The van der Waals surface area contributed by atoms with Gasteiger partial charge in [0.15, 0.2) is 5.82 Å². The predicted octanol–water partition coefficient (Wildman–Crippen LogP) is 1.98. The van der Waals surface area contributed by atoms with E-state index in [1.807, 2.05) is 0 Å². The second-order valence-corrected chi connectivity index (χ2v) is 7.42. The number of sulfonamides is 1. The van der Waals surface area contributed by atoms with Crippen LogP contribution in [0.2, 0.25) is 0 Å². The van der Waals surface area contributed by atoms with Crippen LogP contribution in [-0.2, 0) is 21.2 Å². The van der Waals surface area contributed by atoms with Crippen LogP contribution in [-0.4, -0.2) is 31.1 Å². The molecule has 2 aromatic rings. The van der Waals surface area contributed by atoms with E-state index in [-0.39, 0.29) is 23.0 Å². The fourth-order valence-electron chi connectivity index (χ4n) is 2.44. The Labute approximate surface area is 146 Å². The number of benzene rings is 1. The Hall–Kier alpha value is -2.68. The summed E-state index contributed by atoms with van der Waals surface area (Å²) in [4.78, 5) is 11.5. The van der Waals surface area contributed by atoms with Crippen molar-refractivity contribution >= 4 is 33.3 Å². The minimum atomic E-state index is -3.80. The van der Waals surface area contributed by atoms with E-state index in [4.69, 9.17) is 0 Å². The van der Waals surface area contributed by atoms with E-state index < -0.39 is 10.0 Å². The number of anilines is 3. The lowest BCUT2D eigenvalue weighted by Gasteiger charge is -2.09. The average Bonchev–Trinajstić information content (AvgIpc) is 2.95. The summed E-state index contributed by atoms with van der Waals surface area (Å²) in [7, 11) is -3.80. The molecule has 3 N–H and O–H groups in total. The standard InChI is InChI=1S/C16H19N5O3S/c1-2-3-8-17-14-6-7-15(20-19-14)21-25(23,24)12-4-5-13-11(9-12)10-16(22)18-13/h4-7,9H,2-3,8,10H2,1H3,(H,17,19)(H,18,22)(H,20,21). The summed E-state index contributed by atoms with van der Waals surface area (Å²) < 4.78 is 27.4. The molecule has 8 nitrogen and oxygen atoms in total. The summed E-state index contributed by atoms with van der Waals surface area (Å²) in [6.45, 7) is 2.88. The first-order chi connectivity index (χ1) is 12.0. The first-order valence-corrected chi connectivity index (χ1v) is 9.49. The fraction of sp³-hybridized carbons (Fsp3) is 0.312. The van der Waals surface area contributed by atoms with Gasteiger partial charge >= 0.3 is 0 Å². The second-order valence-electron chi connectivity index (χ2n) is 5.73. The quantitative estimate of drug-likeness (QED) is 0.650. The monoisotopic (exact) mass is 361 g/mol. The molecule has 9 heteroatoms. The van der Waals surface area contributed by atoms with Gasteiger partial charge in [0.05, 0.1) is 11.3 Å². The molecule has 132 valence electrons. The first kappa shape index (κ1) is 17.2. The molecular formula is C16H19N5O3S. The maximum atomic E-state index is 12.5. The highest BCUT2D eigenvalue weighted by Gasteiger charge is 2.22. The second kappa shape index (κ2) is 7.06. The molecule has 0 aliphatic carbocycles. The van der Waals surface area contributed by atoms with Gasteiger partial charge in [-0.3, -0.25) is 9.52 Å². The Balaban J connectivity index is 1.71.